The first-order valence-corrected chi connectivity index (χ1v) is 6.01. The van der Waals surface area contributed by atoms with Gasteiger partial charge in [-0.25, -0.2) is 0 Å². The molecule has 0 aromatic carbocycles. The molecule has 0 amide bonds. The Balaban J connectivity index is 1.95. The Bertz CT molecular complexity index is 295. The van der Waals surface area contributed by atoms with E-state index < -0.39 is 0 Å². The third kappa shape index (κ3) is 2.71. The first-order valence-electron chi connectivity index (χ1n) is 5.22. The molecule has 0 radical (unpaired) electrons. The zero-order chi connectivity index (χ0) is 9.80. The minimum Gasteiger partial charge on any atom is -0.381 e. The Kier molecular flexibility index (Phi) is 3.40. The van der Waals surface area contributed by atoms with Gasteiger partial charge in [0.05, 0.1) is 11.9 Å². The van der Waals surface area contributed by atoms with Crippen LogP contribution in [0.15, 0.2) is 22.9 Å². The summed E-state index contributed by atoms with van der Waals surface area (Å²) in [5.41, 5.74) is 1.13. The maximum Gasteiger partial charge on any atom is 0.0540 e. The summed E-state index contributed by atoms with van der Waals surface area (Å²) in [6.07, 6.45) is 10.4. The molecule has 1 aliphatic carbocycles. The molecule has 2 rings (SSSR count). The first-order chi connectivity index (χ1) is 6.84. The zero-order valence-electron chi connectivity index (χ0n) is 8.17. The number of halogens is 1. The van der Waals surface area contributed by atoms with E-state index in [1.54, 1.807) is 0 Å². The maximum absolute atomic E-state index is 4.14. The van der Waals surface area contributed by atoms with Gasteiger partial charge in [0.15, 0.2) is 0 Å². The summed E-state index contributed by atoms with van der Waals surface area (Å²) in [6, 6.07) is 2.74. The van der Waals surface area contributed by atoms with Crippen LogP contribution in [0.1, 0.15) is 32.1 Å². The van der Waals surface area contributed by atoms with Gasteiger partial charge < -0.3 is 5.32 Å². The fraction of sp³-hybridized carbons (Fsp3) is 0.545. The topological polar surface area (TPSA) is 24.9 Å². The van der Waals surface area contributed by atoms with Gasteiger partial charge in [-0.2, -0.15) is 0 Å². The van der Waals surface area contributed by atoms with Crippen LogP contribution in [0.5, 0.6) is 0 Å². The summed E-state index contributed by atoms with van der Waals surface area (Å²) in [5.74, 6) is 0. The summed E-state index contributed by atoms with van der Waals surface area (Å²) >= 11 is 3.42. The molecular formula is C11H15BrN2. The fourth-order valence-electron chi connectivity index (χ4n) is 1.97. The third-order valence-corrected chi connectivity index (χ3v) is 3.11. The van der Waals surface area contributed by atoms with Gasteiger partial charge in [-0.3, -0.25) is 4.98 Å². The lowest BCUT2D eigenvalue weighted by Gasteiger charge is -2.23. The van der Waals surface area contributed by atoms with E-state index in [1.807, 2.05) is 12.4 Å². The van der Waals surface area contributed by atoms with Gasteiger partial charge in [0, 0.05) is 16.7 Å². The van der Waals surface area contributed by atoms with Crippen LogP contribution < -0.4 is 5.32 Å². The van der Waals surface area contributed by atoms with Crippen LogP contribution in [0.4, 0.5) is 5.69 Å². The molecule has 14 heavy (non-hydrogen) atoms. The highest BCUT2D eigenvalue weighted by Gasteiger charge is 2.12. The summed E-state index contributed by atoms with van der Waals surface area (Å²) in [7, 11) is 0. The van der Waals surface area contributed by atoms with Gasteiger partial charge in [0.25, 0.3) is 0 Å². The van der Waals surface area contributed by atoms with Gasteiger partial charge in [0.2, 0.25) is 0 Å². The molecule has 1 heterocycles. The largest absolute Gasteiger partial charge is 0.381 e. The monoisotopic (exact) mass is 254 g/mol. The van der Waals surface area contributed by atoms with Crippen LogP contribution in [0.3, 0.4) is 0 Å². The van der Waals surface area contributed by atoms with E-state index in [4.69, 9.17) is 0 Å². The van der Waals surface area contributed by atoms with Crippen LogP contribution in [0.25, 0.3) is 0 Å². The number of aromatic nitrogens is 1. The lowest BCUT2D eigenvalue weighted by molar-refractivity contribution is 0.462. The molecule has 2 nitrogen and oxygen atoms in total. The average Bonchev–Trinajstić information content (AvgIpc) is 2.19. The molecule has 1 saturated carbocycles. The summed E-state index contributed by atoms with van der Waals surface area (Å²) in [6.45, 7) is 0. The normalized spacial score (nSPS) is 18.1. The standard InChI is InChI=1S/C11H15BrN2/c12-9-6-11(8-13-7-9)14-10-4-2-1-3-5-10/h6-8,10,14H,1-5H2. The molecule has 0 saturated heterocycles. The molecule has 0 spiro atoms. The Morgan fingerprint density at radius 2 is 2.00 bits per heavy atom. The Morgan fingerprint density at radius 1 is 1.21 bits per heavy atom. The van der Waals surface area contributed by atoms with Crippen molar-refractivity contribution in [2.75, 3.05) is 5.32 Å². The van der Waals surface area contributed by atoms with E-state index in [-0.39, 0.29) is 0 Å². The number of rotatable bonds is 2. The first kappa shape index (κ1) is 9.97. The third-order valence-electron chi connectivity index (χ3n) is 2.68. The number of nitrogens with one attached hydrogen (secondary N) is 1. The summed E-state index contributed by atoms with van der Waals surface area (Å²) in [5, 5.41) is 3.53. The van der Waals surface area contributed by atoms with Crippen molar-refractivity contribution in [1.82, 2.24) is 4.98 Å². The lowest BCUT2D eigenvalue weighted by atomic mass is 9.95. The lowest BCUT2D eigenvalue weighted by Crippen LogP contribution is -2.22. The molecule has 0 unspecified atom stereocenters. The maximum atomic E-state index is 4.14. The molecule has 1 fully saturated rings. The number of nitrogens with zero attached hydrogens (tertiary/aromatic N) is 1. The molecule has 0 aliphatic heterocycles. The van der Waals surface area contributed by atoms with Crippen molar-refractivity contribution in [1.29, 1.82) is 0 Å². The van der Waals surface area contributed by atoms with E-state index in [2.05, 4.69) is 32.3 Å². The molecule has 0 atom stereocenters. The molecule has 1 aromatic rings. The molecule has 76 valence electrons. The second-order valence-corrected chi connectivity index (χ2v) is 4.79. The fourth-order valence-corrected chi connectivity index (χ4v) is 2.34. The van der Waals surface area contributed by atoms with Gasteiger partial charge in [0.1, 0.15) is 0 Å². The van der Waals surface area contributed by atoms with E-state index >= 15 is 0 Å². The minimum absolute atomic E-state index is 0.653. The van der Waals surface area contributed by atoms with Crippen molar-refractivity contribution in [2.45, 2.75) is 38.1 Å². The highest BCUT2D eigenvalue weighted by molar-refractivity contribution is 9.10. The highest BCUT2D eigenvalue weighted by atomic mass is 79.9. The quantitative estimate of drug-likeness (QED) is 0.873. The van der Waals surface area contributed by atoms with Crippen LogP contribution in [-0.2, 0) is 0 Å². The van der Waals surface area contributed by atoms with Gasteiger partial charge in [-0.15, -0.1) is 0 Å². The Labute approximate surface area is 93.3 Å². The van der Waals surface area contributed by atoms with Crippen molar-refractivity contribution < 1.29 is 0 Å². The molecule has 3 heteroatoms. The number of pyridine rings is 1. The van der Waals surface area contributed by atoms with E-state index in [0.29, 0.717) is 6.04 Å². The summed E-state index contributed by atoms with van der Waals surface area (Å²) in [4.78, 5) is 4.14. The van der Waals surface area contributed by atoms with E-state index in [0.717, 1.165) is 10.2 Å². The predicted octanol–water partition coefficient (Wildman–Crippen LogP) is 3.59. The second kappa shape index (κ2) is 4.78. The zero-order valence-corrected chi connectivity index (χ0v) is 9.76. The second-order valence-electron chi connectivity index (χ2n) is 3.87. The van der Waals surface area contributed by atoms with Crippen LogP contribution in [0.2, 0.25) is 0 Å². The van der Waals surface area contributed by atoms with E-state index in [9.17, 15) is 0 Å². The van der Waals surface area contributed by atoms with Gasteiger partial charge >= 0.3 is 0 Å². The van der Waals surface area contributed by atoms with Gasteiger partial charge in [-0.05, 0) is 34.8 Å². The molecule has 1 N–H and O–H groups in total. The van der Waals surface area contributed by atoms with Crippen molar-refractivity contribution in [3.63, 3.8) is 0 Å². The molecule has 1 aliphatic rings. The smallest absolute Gasteiger partial charge is 0.0540 e. The highest BCUT2D eigenvalue weighted by Crippen LogP contribution is 2.22. The Morgan fingerprint density at radius 3 is 2.71 bits per heavy atom. The molecule has 0 bridgehead atoms. The van der Waals surface area contributed by atoms with Crippen molar-refractivity contribution in [2.24, 2.45) is 0 Å². The average molecular weight is 255 g/mol. The number of hydrogen-bond donors (Lipinski definition) is 1. The van der Waals surface area contributed by atoms with E-state index in [1.165, 1.54) is 32.1 Å². The van der Waals surface area contributed by atoms with Crippen LogP contribution >= 0.6 is 15.9 Å². The minimum atomic E-state index is 0.653. The number of hydrogen-bond acceptors (Lipinski definition) is 2. The van der Waals surface area contributed by atoms with Crippen molar-refractivity contribution in [3.8, 4) is 0 Å². The van der Waals surface area contributed by atoms with Crippen molar-refractivity contribution in [3.05, 3.63) is 22.9 Å². The van der Waals surface area contributed by atoms with Crippen molar-refractivity contribution >= 4 is 21.6 Å². The SMILES string of the molecule is Brc1cncc(NC2CCCCC2)c1. The Hall–Kier alpha value is -0.570. The number of anilines is 1. The summed E-state index contributed by atoms with van der Waals surface area (Å²) < 4.78 is 1.04. The molecule has 1 aromatic heterocycles. The van der Waals surface area contributed by atoms with Crippen LogP contribution in [0, 0.1) is 0 Å². The molecular weight excluding hydrogens is 240 g/mol. The predicted molar refractivity (Wildman–Crippen MR) is 62.4 cm³/mol. The van der Waals surface area contributed by atoms with Gasteiger partial charge in [-0.1, -0.05) is 19.3 Å². The van der Waals surface area contributed by atoms with Crippen LogP contribution in [-0.4, -0.2) is 11.0 Å².